The van der Waals surface area contributed by atoms with Crippen molar-refractivity contribution in [3.8, 4) is 0 Å². The van der Waals surface area contributed by atoms with Gasteiger partial charge in [0.25, 0.3) is 0 Å². The Kier molecular flexibility index (Phi) is 6.97. The van der Waals surface area contributed by atoms with Gasteiger partial charge in [-0.2, -0.15) is 0 Å². The maximum atomic E-state index is 10.2. The van der Waals surface area contributed by atoms with Gasteiger partial charge in [0.2, 0.25) is 0 Å². The quantitative estimate of drug-likeness (QED) is 0.758. The Bertz CT molecular complexity index is 289. The number of quaternary nitrogens is 1. The molecule has 0 saturated heterocycles. The van der Waals surface area contributed by atoms with Gasteiger partial charge in [0.1, 0.15) is 12.6 Å². The summed E-state index contributed by atoms with van der Waals surface area (Å²) in [4.78, 5) is 0. The molecule has 0 radical (unpaired) electrons. The van der Waals surface area contributed by atoms with Crippen LogP contribution in [0.15, 0.2) is 0 Å². The van der Waals surface area contributed by atoms with Crippen LogP contribution in [0, 0.1) is 17.8 Å². The summed E-state index contributed by atoms with van der Waals surface area (Å²) in [6.07, 6.45) is 9.21. The van der Waals surface area contributed by atoms with Crippen LogP contribution in [0.3, 0.4) is 0 Å². The van der Waals surface area contributed by atoms with Crippen molar-refractivity contribution in [3.63, 3.8) is 0 Å². The summed E-state index contributed by atoms with van der Waals surface area (Å²) in [7, 11) is 0. The molecule has 2 fully saturated rings. The predicted octanol–water partition coefficient (Wildman–Crippen LogP) is 2.33. The summed E-state index contributed by atoms with van der Waals surface area (Å²) in [5.74, 6) is 2.13. The molecule has 0 amide bonds. The van der Waals surface area contributed by atoms with Crippen LogP contribution in [-0.4, -0.2) is 36.5 Å². The molecule has 0 bridgehead atoms. The van der Waals surface area contributed by atoms with E-state index in [1.54, 1.807) is 0 Å². The molecule has 0 aliphatic heterocycles. The Labute approximate surface area is 130 Å². The highest BCUT2D eigenvalue weighted by atomic mass is 16.5. The number of hydrogen-bond donors (Lipinski definition) is 2. The normalized spacial score (nSPS) is 32.7. The second-order valence-electron chi connectivity index (χ2n) is 7.87. The lowest BCUT2D eigenvalue weighted by atomic mass is 9.75. The molecule has 2 aliphatic rings. The van der Waals surface area contributed by atoms with Gasteiger partial charge in [-0.05, 0) is 56.3 Å². The van der Waals surface area contributed by atoms with Gasteiger partial charge in [-0.3, -0.25) is 0 Å². The van der Waals surface area contributed by atoms with E-state index < -0.39 is 0 Å². The van der Waals surface area contributed by atoms with E-state index in [9.17, 15) is 5.11 Å². The molecule has 0 aromatic heterocycles. The van der Waals surface area contributed by atoms with Crippen molar-refractivity contribution in [2.45, 2.75) is 84.0 Å². The SMILES string of the molecule is CC(C)[C@@H]1CC[C@H](C)C[C@H]1OC[C@H](O)C[NH2+]C1CCCC1. The lowest BCUT2D eigenvalue weighted by Crippen LogP contribution is -2.91. The Hall–Kier alpha value is -0.120. The number of hydrogen-bond acceptors (Lipinski definition) is 2. The zero-order chi connectivity index (χ0) is 15.2. The Morgan fingerprint density at radius 2 is 1.86 bits per heavy atom. The predicted molar refractivity (Wildman–Crippen MR) is 86.1 cm³/mol. The highest BCUT2D eigenvalue weighted by molar-refractivity contribution is 4.81. The first-order valence-electron chi connectivity index (χ1n) is 9.19. The number of rotatable bonds is 7. The monoisotopic (exact) mass is 298 g/mol. The summed E-state index contributed by atoms with van der Waals surface area (Å²) < 4.78 is 6.13. The van der Waals surface area contributed by atoms with E-state index in [4.69, 9.17) is 4.74 Å². The van der Waals surface area contributed by atoms with Crippen LogP contribution in [0.1, 0.15) is 65.7 Å². The molecule has 21 heavy (non-hydrogen) atoms. The highest BCUT2D eigenvalue weighted by Gasteiger charge is 2.32. The highest BCUT2D eigenvalue weighted by Crippen LogP contribution is 2.35. The Morgan fingerprint density at radius 3 is 2.52 bits per heavy atom. The number of nitrogens with two attached hydrogens (primary N) is 1. The third-order valence-corrected chi connectivity index (χ3v) is 5.61. The second-order valence-corrected chi connectivity index (χ2v) is 7.87. The molecule has 4 atom stereocenters. The van der Waals surface area contributed by atoms with E-state index in [2.05, 4.69) is 26.1 Å². The molecule has 124 valence electrons. The van der Waals surface area contributed by atoms with Crippen molar-refractivity contribution in [2.24, 2.45) is 17.8 Å². The average molecular weight is 298 g/mol. The lowest BCUT2D eigenvalue weighted by Gasteiger charge is -2.37. The summed E-state index contributed by atoms with van der Waals surface area (Å²) >= 11 is 0. The largest absolute Gasteiger partial charge is 0.385 e. The van der Waals surface area contributed by atoms with Crippen molar-refractivity contribution in [1.29, 1.82) is 0 Å². The Morgan fingerprint density at radius 1 is 1.14 bits per heavy atom. The van der Waals surface area contributed by atoms with Crippen molar-refractivity contribution < 1.29 is 15.2 Å². The third kappa shape index (κ3) is 5.54. The van der Waals surface area contributed by atoms with E-state index in [1.807, 2.05) is 0 Å². The minimum atomic E-state index is -0.310. The molecule has 0 spiro atoms. The van der Waals surface area contributed by atoms with Gasteiger partial charge in [-0.15, -0.1) is 0 Å². The van der Waals surface area contributed by atoms with Crippen molar-refractivity contribution in [3.05, 3.63) is 0 Å². The molecule has 2 saturated carbocycles. The third-order valence-electron chi connectivity index (χ3n) is 5.61. The molecule has 3 nitrogen and oxygen atoms in total. The van der Waals surface area contributed by atoms with Crippen LogP contribution in [0.25, 0.3) is 0 Å². The molecule has 0 aromatic rings. The van der Waals surface area contributed by atoms with Crippen LogP contribution in [0.5, 0.6) is 0 Å². The number of ether oxygens (including phenoxy) is 1. The van der Waals surface area contributed by atoms with E-state index in [0.29, 0.717) is 24.5 Å². The van der Waals surface area contributed by atoms with Crippen LogP contribution in [-0.2, 0) is 4.74 Å². The topological polar surface area (TPSA) is 46.1 Å². The van der Waals surface area contributed by atoms with Crippen LogP contribution < -0.4 is 5.32 Å². The van der Waals surface area contributed by atoms with E-state index in [-0.39, 0.29) is 6.10 Å². The van der Waals surface area contributed by atoms with Gasteiger partial charge in [0.05, 0.1) is 18.8 Å². The molecule has 0 unspecified atom stereocenters. The molecule has 2 aliphatic carbocycles. The fourth-order valence-electron chi connectivity index (χ4n) is 4.15. The van der Waals surface area contributed by atoms with Gasteiger partial charge < -0.3 is 15.2 Å². The molecular weight excluding hydrogens is 262 g/mol. The number of aliphatic hydroxyl groups excluding tert-OH is 1. The molecule has 3 heteroatoms. The maximum absolute atomic E-state index is 10.2. The van der Waals surface area contributed by atoms with Crippen molar-refractivity contribution in [1.82, 2.24) is 0 Å². The average Bonchev–Trinajstić information content (AvgIpc) is 2.96. The summed E-state index contributed by atoms with van der Waals surface area (Å²) in [5, 5.41) is 12.5. The maximum Gasteiger partial charge on any atom is 0.126 e. The van der Waals surface area contributed by atoms with E-state index >= 15 is 0 Å². The van der Waals surface area contributed by atoms with E-state index in [1.165, 1.54) is 44.9 Å². The first kappa shape index (κ1) is 17.2. The summed E-state index contributed by atoms with van der Waals surface area (Å²) in [5.41, 5.74) is 0. The Balaban J connectivity index is 1.69. The fraction of sp³-hybridized carbons (Fsp3) is 1.00. The first-order valence-corrected chi connectivity index (χ1v) is 9.19. The summed E-state index contributed by atoms with van der Waals surface area (Å²) in [6.45, 7) is 8.27. The van der Waals surface area contributed by atoms with Gasteiger partial charge in [-0.25, -0.2) is 0 Å². The molecule has 2 rings (SSSR count). The standard InChI is InChI=1S/C18H35NO2/c1-13(2)17-9-8-14(3)10-18(17)21-12-16(20)11-19-15-6-4-5-7-15/h13-20H,4-12H2,1-3H3/p+1/t14-,16+,17-,18+/m0/s1. The number of aliphatic hydroxyl groups is 1. The minimum absolute atomic E-state index is 0.310. The molecule has 3 N–H and O–H groups in total. The van der Waals surface area contributed by atoms with Gasteiger partial charge in [0, 0.05) is 0 Å². The van der Waals surface area contributed by atoms with Crippen molar-refractivity contribution >= 4 is 0 Å². The minimum Gasteiger partial charge on any atom is -0.385 e. The van der Waals surface area contributed by atoms with Gasteiger partial charge >= 0.3 is 0 Å². The fourth-order valence-corrected chi connectivity index (χ4v) is 4.15. The molecule has 0 aromatic carbocycles. The molecule has 0 heterocycles. The van der Waals surface area contributed by atoms with Crippen LogP contribution in [0.2, 0.25) is 0 Å². The smallest absolute Gasteiger partial charge is 0.126 e. The van der Waals surface area contributed by atoms with Crippen molar-refractivity contribution in [2.75, 3.05) is 13.2 Å². The lowest BCUT2D eigenvalue weighted by molar-refractivity contribution is -0.693. The van der Waals surface area contributed by atoms with Crippen LogP contribution >= 0.6 is 0 Å². The van der Waals surface area contributed by atoms with Gasteiger partial charge in [-0.1, -0.05) is 27.2 Å². The summed E-state index contributed by atoms with van der Waals surface area (Å²) in [6, 6.07) is 0.748. The first-order chi connectivity index (χ1) is 10.1. The zero-order valence-electron chi connectivity index (χ0n) is 14.3. The zero-order valence-corrected chi connectivity index (χ0v) is 14.3. The van der Waals surface area contributed by atoms with E-state index in [0.717, 1.165) is 18.5 Å². The van der Waals surface area contributed by atoms with Crippen LogP contribution in [0.4, 0.5) is 0 Å². The second kappa shape index (κ2) is 8.50. The molecular formula is C18H36NO2+. The van der Waals surface area contributed by atoms with Gasteiger partial charge in [0.15, 0.2) is 0 Å².